The standard InChI is InChI=1S/C26H23N5S/c1-3-8-19(9-4-1)10-7-15-28-26-24-23(30-25(31-26)20-13-16-27-17-14-20)22(18-32-24)29-21-11-5-2-6-12-21/h1-6,8-9,11-14,16-18,29H,7,10,15H2,(H,28,30,31). The molecule has 0 spiro atoms. The van der Waals surface area contributed by atoms with Gasteiger partial charge in [0.25, 0.3) is 0 Å². The van der Waals surface area contributed by atoms with Gasteiger partial charge in [0.05, 0.1) is 10.4 Å². The molecule has 0 saturated carbocycles. The van der Waals surface area contributed by atoms with Crippen molar-refractivity contribution in [1.82, 2.24) is 15.0 Å². The van der Waals surface area contributed by atoms with E-state index >= 15 is 0 Å². The lowest BCUT2D eigenvalue weighted by Gasteiger charge is -2.10. The molecule has 0 aliphatic heterocycles. The van der Waals surface area contributed by atoms with Crippen LogP contribution >= 0.6 is 11.3 Å². The number of thiophene rings is 1. The third kappa shape index (κ3) is 4.60. The Morgan fingerprint density at radius 3 is 2.34 bits per heavy atom. The van der Waals surface area contributed by atoms with Crippen LogP contribution in [0, 0.1) is 0 Å². The molecule has 0 aliphatic carbocycles. The van der Waals surface area contributed by atoms with Crippen molar-refractivity contribution < 1.29 is 0 Å². The zero-order valence-corrected chi connectivity index (χ0v) is 18.3. The maximum Gasteiger partial charge on any atom is 0.162 e. The second kappa shape index (κ2) is 9.58. The summed E-state index contributed by atoms with van der Waals surface area (Å²) in [5.41, 5.74) is 5.25. The molecule has 2 aromatic carbocycles. The molecule has 0 fully saturated rings. The lowest BCUT2D eigenvalue weighted by Crippen LogP contribution is -2.06. The fourth-order valence-electron chi connectivity index (χ4n) is 3.58. The van der Waals surface area contributed by atoms with Crippen LogP contribution < -0.4 is 10.6 Å². The van der Waals surface area contributed by atoms with E-state index in [-0.39, 0.29) is 0 Å². The van der Waals surface area contributed by atoms with Crippen LogP contribution in [0.3, 0.4) is 0 Å². The van der Waals surface area contributed by atoms with Gasteiger partial charge in [-0.05, 0) is 42.7 Å². The van der Waals surface area contributed by atoms with Crippen molar-refractivity contribution in [1.29, 1.82) is 0 Å². The summed E-state index contributed by atoms with van der Waals surface area (Å²) in [6.07, 6.45) is 5.60. The van der Waals surface area contributed by atoms with E-state index in [9.17, 15) is 0 Å². The molecular weight excluding hydrogens is 414 g/mol. The second-order valence-electron chi connectivity index (χ2n) is 7.47. The number of fused-ring (bicyclic) bond motifs is 1. The van der Waals surface area contributed by atoms with Gasteiger partial charge < -0.3 is 10.6 Å². The molecule has 0 amide bonds. The van der Waals surface area contributed by atoms with Crippen molar-refractivity contribution in [2.75, 3.05) is 17.2 Å². The van der Waals surface area contributed by atoms with Gasteiger partial charge in [-0.25, -0.2) is 9.97 Å². The van der Waals surface area contributed by atoms with Gasteiger partial charge in [-0.3, -0.25) is 4.98 Å². The number of pyridine rings is 1. The number of hydrogen-bond donors (Lipinski definition) is 2. The zero-order chi connectivity index (χ0) is 21.6. The summed E-state index contributed by atoms with van der Waals surface area (Å²) in [6.45, 7) is 0.843. The fourth-order valence-corrected chi connectivity index (χ4v) is 4.48. The third-order valence-electron chi connectivity index (χ3n) is 5.18. The Hall–Kier alpha value is -3.77. The molecule has 0 saturated heterocycles. The van der Waals surface area contributed by atoms with E-state index < -0.39 is 0 Å². The Kier molecular flexibility index (Phi) is 6.03. The van der Waals surface area contributed by atoms with Crippen LogP contribution in [-0.2, 0) is 6.42 Å². The molecule has 3 heterocycles. The molecule has 0 aliphatic rings. The Balaban J connectivity index is 1.44. The molecule has 0 radical (unpaired) electrons. The molecule has 32 heavy (non-hydrogen) atoms. The number of nitrogens with zero attached hydrogens (tertiary/aromatic N) is 3. The quantitative estimate of drug-likeness (QED) is 0.270. The first-order valence-electron chi connectivity index (χ1n) is 10.7. The van der Waals surface area contributed by atoms with Gasteiger partial charge >= 0.3 is 0 Å². The lowest BCUT2D eigenvalue weighted by molar-refractivity contribution is 0.860. The first kappa shape index (κ1) is 20.2. The van der Waals surface area contributed by atoms with Crippen LogP contribution in [0.1, 0.15) is 12.0 Å². The maximum absolute atomic E-state index is 4.91. The van der Waals surface area contributed by atoms with Crippen molar-refractivity contribution in [2.45, 2.75) is 12.8 Å². The smallest absolute Gasteiger partial charge is 0.162 e. The minimum Gasteiger partial charge on any atom is -0.369 e. The highest BCUT2D eigenvalue weighted by Gasteiger charge is 2.15. The SMILES string of the molecule is c1ccc(CCCNc2nc(-c3ccncc3)nc3c(Nc4ccccc4)csc23)cc1. The number of nitrogens with one attached hydrogen (secondary N) is 2. The highest BCUT2D eigenvalue weighted by atomic mass is 32.1. The van der Waals surface area contributed by atoms with Gasteiger partial charge in [0, 0.05) is 35.6 Å². The van der Waals surface area contributed by atoms with Crippen molar-refractivity contribution in [3.63, 3.8) is 0 Å². The Bertz CT molecular complexity index is 1290. The average molecular weight is 438 g/mol. The van der Waals surface area contributed by atoms with Crippen LogP contribution in [0.25, 0.3) is 21.6 Å². The molecule has 0 atom stereocenters. The monoisotopic (exact) mass is 437 g/mol. The number of hydrogen-bond acceptors (Lipinski definition) is 6. The number of aryl methyl sites for hydroxylation is 1. The largest absolute Gasteiger partial charge is 0.369 e. The van der Waals surface area contributed by atoms with E-state index in [0.717, 1.165) is 52.4 Å². The van der Waals surface area contributed by atoms with E-state index in [0.29, 0.717) is 5.82 Å². The van der Waals surface area contributed by atoms with Crippen LogP contribution in [0.5, 0.6) is 0 Å². The summed E-state index contributed by atoms with van der Waals surface area (Å²) in [5, 5.41) is 9.17. The molecule has 5 rings (SSSR count). The molecule has 2 N–H and O–H groups in total. The molecule has 0 unspecified atom stereocenters. The van der Waals surface area contributed by atoms with Crippen molar-refractivity contribution in [3.05, 3.63) is 96.1 Å². The first-order chi connectivity index (χ1) is 15.9. The van der Waals surface area contributed by atoms with Crippen molar-refractivity contribution >= 4 is 38.7 Å². The van der Waals surface area contributed by atoms with E-state index in [1.54, 1.807) is 23.7 Å². The van der Waals surface area contributed by atoms with E-state index in [1.807, 2.05) is 30.3 Å². The van der Waals surface area contributed by atoms with Crippen LogP contribution in [-0.4, -0.2) is 21.5 Å². The summed E-state index contributed by atoms with van der Waals surface area (Å²) in [6, 6.07) is 24.6. The number of benzene rings is 2. The number of aromatic nitrogens is 3. The minimum atomic E-state index is 0.694. The van der Waals surface area contributed by atoms with Crippen molar-refractivity contribution in [2.24, 2.45) is 0 Å². The van der Waals surface area contributed by atoms with E-state index in [1.165, 1.54) is 5.56 Å². The number of rotatable bonds is 8. The summed E-state index contributed by atoms with van der Waals surface area (Å²) < 4.78 is 1.06. The van der Waals surface area contributed by atoms with Gasteiger partial charge in [0.15, 0.2) is 5.82 Å². The average Bonchev–Trinajstić information content (AvgIpc) is 3.26. The summed E-state index contributed by atoms with van der Waals surface area (Å²) >= 11 is 1.66. The zero-order valence-electron chi connectivity index (χ0n) is 17.5. The first-order valence-corrected chi connectivity index (χ1v) is 11.5. The third-order valence-corrected chi connectivity index (χ3v) is 6.16. The highest BCUT2D eigenvalue weighted by Crippen LogP contribution is 2.36. The molecule has 6 heteroatoms. The molecule has 158 valence electrons. The molecular formula is C26H23N5S. The lowest BCUT2D eigenvalue weighted by atomic mass is 10.1. The van der Waals surface area contributed by atoms with Gasteiger partial charge in [-0.15, -0.1) is 11.3 Å². The number of anilines is 3. The van der Waals surface area contributed by atoms with Gasteiger partial charge in [0.2, 0.25) is 0 Å². The molecule has 3 aromatic heterocycles. The van der Waals surface area contributed by atoms with Crippen LogP contribution in [0.4, 0.5) is 17.2 Å². The van der Waals surface area contributed by atoms with Crippen molar-refractivity contribution in [3.8, 4) is 11.4 Å². The maximum atomic E-state index is 4.91. The Morgan fingerprint density at radius 2 is 1.56 bits per heavy atom. The predicted octanol–water partition coefficient (Wildman–Crippen LogP) is 6.54. The number of para-hydroxylation sites is 1. The Morgan fingerprint density at radius 1 is 0.812 bits per heavy atom. The van der Waals surface area contributed by atoms with Crippen LogP contribution in [0.2, 0.25) is 0 Å². The van der Waals surface area contributed by atoms with E-state index in [4.69, 9.17) is 9.97 Å². The Labute approximate surface area is 191 Å². The van der Waals surface area contributed by atoms with Gasteiger partial charge in [0.1, 0.15) is 11.3 Å². The molecule has 5 aromatic rings. The molecule has 0 bridgehead atoms. The topological polar surface area (TPSA) is 62.7 Å². The van der Waals surface area contributed by atoms with Crippen LogP contribution in [0.15, 0.2) is 90.6 Å². The van der Waals surface area contributed by atoms with E-state index in [2.05, 4.69) is 63.5 Å². The summed E-state index contributed by atoms with van der Waals surface area (Å²) in [4.78, 5) is 13.9. The second-order valence-corrected chi connectivity index (χ2v) is 8.35. The minimum absolute atomic E-state index is 0.694. The fraction of sp³-hybridized carbons (Fsp3) is 0.115. The summed E-state index contributed by atoms with van der Waals surface area (Å²) in [7, 11) is 0. The normalized spacial score (nSPS) is 10.9. The van der Waals surface area contributed by atoms with Gasteiger partial charge in [-0.1, -0.05) is 48.5 Å². The predicted molar refractivity (Wildman–Crippen MR) is 134 cm³/mol. The highest BCUT2D eigenvalue weighted by molar-refractivity contribution is 7.18. The molecule has 5 nitrogen and oxygen atoms in total. The van der Waals surface area contributed by atoms with Gasteiger partial charge in [-0.2, -0.15) is 0 Å². The summed E-state index contributed by atoms with van der Waals surface area (Å²) in [5.74, 6) is 1.57.